The molecule has 25 heteroatoms. The first-order chi connectivity index (χ1) is 34.1. The predicted molar refractivity (Wildman–Crippen MR) is 263 cm³/mol. The minimum absolute atomic E-state index is 0.00204. The average Bonchev–Trinajstić information content (AvgIpc) is 3.31. The van der Waals surface area contributed by atoms with E-state index in [1.54, 1.807) is 20.8 Å². The lowest BCUT2D eigenvalue weighted by Gasteiger charge is -2.32. The van der Waals surface area contributed by atoms with Crippen LogP contribution in [-0.2, 0) is 41.2 Å². The molecule has 0 aliphatic carbocycles. The molecule has 23 nitrogen and oxygen atoms in total. The molecule has 3 aromatic carbocycles. The first-order valence-electron chi connectivity index (χ1n) is 22.9. The zero-order chi connectivity index (χ0) is 54.4. The summed E-state index contributed by atoms with van der Waals surface area (Å²) in [7, 11) is -3.40. The molecule has 0 unspecified atom stereocenters. The lowest BCUT2D eigenvalue weighted by atomic mass is 9.85. The number of ether oxygens (including phenoxy) is 2. The molecular formula is C48H62FN9O14S. The molecule has 396 valence electrons. The van der Waals surface area contributed by atoms with Crippen LogP contribution in [0.1, 0.15) is 79.3 Å². The minimum Gasteiger partial charge on any atom is -0.504 e. The van der Waals surface area contributed by atoms with Crippen molar-refractivity contribution in [1.29, 1.82) is 0 Å². The number of aryl methyl sites for hydroxylation is 1. The van der Waals surface area contributed by atoms with Gasteiger partial charge in [-0.2, -0.15) is 8.42 Å². The lowest BCUT2D eigenvalue weighted by molar-refractivity contribution is -0.143. The zero-order valence-electron chi connectivity index (χ0n) is 41.0. The van der Waals surface area contributed by atoms with E-state index in [0.717, 1.165) is 11.9 Å². The Bertz CT molecular complexity index is 2860. The number of nitrogens with two attached hydrogens (primary N) is 4. The standard InChI is InChI=1S/C48H62FN9O14S/c1-22-11-35(62)40(25-14-31(41(63)37(16-25)72-21-28(60)18-51)30-12-24(13-33(47(67)68)56-45(22)65)7-10-36(30)71-20-27(59)17-50)58(6)46(66)26(19-54-73(53,69)70)15-34(61)38-23(2)55-44(57-43(38)52)29-8-9-32(48(3,4)5)39(49)42(29)64/h7-10,12,14,16,22,26-28,33,40,54,59-60,63-64H,11,13,15,17-21,50-51H2,1-6H3,(H,56,65)(H,67,68)(H2,52,55,57)(H2,53,69,70)/t22-,26+,27-,28-,33+,40+/m1/s1. The number of likely N-dealkylation sites (N-methyl/N-ethyl adjacent to an activating group) is 1. The number of nitrogen functional groups attached to an aromatic ring is 1. The van der Waals surface area contributed by atoms with Gasteiger partial charge in [-0.1, -0.05) is 39.8 Å². The second kappa shape index (κ2) is 23.3. The van der Waals surface area contributed by atoms with E-state index in [2.05, 4.69) is 15.3 Å². The highest BCUT2D eigenvalue weighted by molar-refractivity contribution is 7.87. The summed E-state index contributed by atoms with van der Waals surface area (Å²) in [6.07, 6.45) is -4.20. The van der Waals surface area contributed by atoms with Gasteiger partial charge in [0.15, 0.2) is 40.5 Å². The van der Waals surface area contributed by atoms with E-state index in [9.17, 15) is 57.9 Å². The number of Topliss-reactive ketones (excluding diaryl/α,β-unsaturated/α-hetero) is 2. The fourth-order valence-corrected chi connectivity index (χ4v) is 8.55. The van der Waals surface area contributed by atoms with Crippen molar-refractivity contribution in [2.75, 3.05) is 45.6 Å². The number of aliphatic hydroxyl groups is 2. The second-order valence-electron chi connectivity index (χ2n) is 18.9. The largest absolute Gasteiger partial charge is 0.504 e. The van der Waals surface area contributed by atoms with Crippen LogP contribution in [0.4, 0.5) is 10.2 Å². The van der Waals surface area contributed by atoms with Crippen LogP contribution in [0.25, 0.3) is 22.5 Å². The molecule has 1 aromatic heterocycles. The lowest BCUT2D eigenvalue weighted by Crippen LogP contribution is -2.46. The van der Waals surface area contributed by atoms with Crippen LogP contribution in [-0.4, -0.2) is 136 Å². The number of aromatic hydroxyl groups is 2. The van der Waals surface area contributed by atoms with Gasteiger partial charge in [0.2, 0.25) is 11.8 Å². The molecule has 4 aromatic rings. The molecule has 0 saturated carbocycles. The number of phenolic OH excluding ortho intramolecular Hbond substituents is 2. The summed E-state index contributed by atoms with van der Waals surface area (Å²) in [6.45, 7) is 5.78. The van der Waals surface area contributed by atoms with E-state index in [-0.39, 0.29) is 82.5 Å². The number of rotatable bonds is 18. The maximum absolute atomic E-state index is 15.4. The van der Waals surface area contributed by atoms with Crippen LogP contribution in [0.15, 0.2) is 42.5 Å². The number of aliphatic hydroxyl groups excluding tert-OH is 2. The number of carboxylic acid groups (broad SMARTS) is 1. The fourth-order valence-electron chi connectivity index (χ4n) is 8.12. The highest BCUT2D eigenvalue weighted by Gasteiger charge is 2.38. The topological polar surface area (TPSA) is 396 Å². The van der Waals surface area contributed by atoms with Crippen molar-refractivity contribution in [2.45, 2.75) is 83.6 Å². The molecule has 0 saturated heterocycles. The molecule has 15 N–H and O–H groups in total. The van der Waals surface area contributed by atoms with Crippen LogP contribution < -0.4 is 41.9 Å². The number of fused-ring (bicyclic) bond motifs is 5. The molecule has 0 spiro atoms. The van der Waals surface area contributed by atoms with Crippen molar-refractivity contribution >= 4 is 45.4 Å². The molecule has 1 aliphatic heterocycles. The van der Waals surface area contributed by atoms with Crippen LogP contribution in [0.5, 0.6) is 23.0 Å². The SMILES string of the molecule is Cc1nc(-c2ccc(C(C)(C)C)c(F)c2O)nc(N)c1C(=O)C[C@@H](CNS(N)(=O)=O)C(=O)N(C)[C@@H]1C(=O)C[C@@H](C)C(=O)N[C@H](C(=O)O)Cc2ccc(OC[C@H](O)CN)c(c2)-c2cc1cc(OC[C@H](O)CN)c2O. The summed E-state index contributed by atoms with van der Waals surface area (Å²) in [5.74, 6) is -11.3. The Morgan fingerprint density at radius 2 is 1.56 bits per heavy atom. The van der Waals surface area contributed by atoms with Gasteiger partial charge in [-0.3, -0.25) is 19.2 Å². The molecule has 0 fully saturated rings. The highest BCUT2D eigenvalue weighted by Crippen LogP contribution is 2.45. The quantitative estimate of drug-likeness (QED) is 0.0615. The summed E-state index contributed by atoms with van der Waals surface area (Å²) < 4.78 is 53.8. The normalized spacial score (nSPS) is 17.7. The van der Waals surface area contributed by atoms with E-state index >= 15 is 4.39 Å². The van der Waals surface area contributed by atoms with E-state index < -0.39 is 130 Å². The third-order valence-electron chi connectivity index (χ3n) is 12.1. The molecule has 6 atom stereocenters. The summed E-state index contributed by atoms with van der Waals surface area (Å²) in [5.41, 5.74) is 16.7. The van der Waals surface area contributed by atoms with Gasteiger partial charge < -0.3 is 62.4 Å². The monoisotopic (exact) mass is 1040 g/mol. The van der Waals surface area contributed by atoms with Crippen molar-refractivity contribution in [3.63, 3.8) is 0 Å². The molecule has 73 heavy (non-hydrogen) atoms. The number of carbonyl (C=O) groups excluding carboxylic acids is 4. The van der Waals surface area contributed by atoms with E-state index in [0.29, 0.717) is 5.56 Å². The van der Waals surface area contributed by atoms with Crippen molar-refractivity contribution < 1.29 is 71.8 Å². The number of carbonyl (C=O) groups is 5. The smallest absolute Gasteiger partial charge is 0.326 e. The van der Waals surface area contributed by atoms with Gasteiger partial charge in [-0.25, -0.2) is 29.0 Å². The summed E-state index contributed by atoms with van der Waals surface area (Å²) in [5, 5.41) is 61.4. The molecule has 5 rings (SSSR count). The predicted octanol–water partition coefficient (Wildman–Crippen LogP) is 0.848. The minimum atomic E-state index is -4.55. The van der Waals surface area contributed by atoms with Crippen molar-refractivity contribution in [1.82, 2.24) is 24.9 Å². The van der Waals surface area contributed by atoms with Gasteiger partial charge in [0.05, 0.1) is 22.7 Å². The number of hydrogen-bond acceptors (Lipinski definition) is 18. The molecule has 2 amide bonds. The molecule has 0 radical (unpaired) electrons. The van der Waals surface area contributed by atoms with Crippen LogP contribution in [0.3, 0.4) is 0 Å². The molecule has 4 bridgehead atoms. The number of aromatic nitrogens is 2. The van der Waals surface area contributed by atoms with E-state index in [1.807, 2.05) is 4.72 Å². The Morgan fingerprint density at radius 1 is 0.932 bits per heavy atom. The number of hydrogen-bond donors (Lipinski definition) is 11. The number of halogens is 1. The third-order valence-corrected chi connectivity index (χ3v) is 12.6. The Morgan fingerprint density at radius 3 is 2.14 bits per heavy atom. The Hall–Kier alpha value is -6.87. The van der Waals surface area contributed by atoms with Gasteiger partial charge in [0.1, 0.15) is 49.1 Å². The van der Waals surface area contributed by atoms with E-state index in [4.69, 9.17) is 31.8 Å². The van der Waals surface area contributed by atoms with Crippen molar-refractivity contribution in [3.8, 4) is 45.5 Å². The summed E-state index contributed by atoms with van der Waals surface area (Å²) in [6, 6.07) is 6.32. The number of nitrogens with zero attached hydrogens (tertiary/aromatic N) is 3. The highest BCUT2D eigenvalue weighted by atomic mass is 32.2. The first-order valence-corrected chi connectivity index (χ1v) is 24.4. The number of amides is 2. The van der Waals surface area contributed by atoms with Crippen molar-refractivity contribution in [2.24, 2.45) is 28.4 Å². The third kappa shape index (κ3) is 13.8. The van der Waals surface area contributed by atoms with Gasteiger partial charge in [-0.15, -0.1) is 0 Å². The molecule has 2 heterocycles. The van der Waals surface area contributed by atoms with Crippen LogP contribution in [0, 0.1) is 24.6 Å². The maximum atomic E-state index is 15.4. The van der Waals surface area contributed by atoms with Crippen LogP contribution in [0.2, 0.25) is 0 Å². The zero-order valence-corrected chi connectivity index (χ0v) is 41.8. The summed E-state index contributed by atoms with van der Waals surface area (Å²) in [4.78, 5) is 79.6. The average molecular weight is 1040 g/mol. The van der Waals surface area contributed by atoms with Gasteiger partial charge in [0, 0.05) is 63.0 Å². The Labute approximate surface area is 420 Å². The number of aliphatic carboxylic acids is 1. The van der Waals surface area contributed by atoms with Gasteiger partial charge in [0.25, 0.3) is 10.2 Å². The number of nitrogens with one attached hydrogen (secondary N) is 2. The Kier molecular flexibility index (Phi) is 18.2. The fraction of sp³-hybridized carbons (Fsp3) is 0.438. The number of benzene rings is 3. The molecule has 1 aliphatic rings. The number of anilines is 1. The summed E-state index contributed by atoms with van der Waals surface area (Å²) >= 11 is 0. The van der Waals surface area contributed by atoms with Gasteiger partial charge >= 0.3 is 5.97 Å². The van der Waals surface area contributed by atoms with Crippen molar-refractivity contribution in [3.05, 3.63) is 76.2 Å². The van der Waals surface area contributed by atoms with Gasteiger partial charge in [-0.05, 0) is 59.4 Å². The van der Waals surface area contributed by atoms with Crippen LogP contribution >= 0.6 is 0 Å². The molecular weight excluding hydrogens is 978 g/mol. The van der Waals surface area contributed by atoms with E-state index in [1.165, 1.54) is 56.3 Å². The number of phenols is 2. The maximum Gasteiger partial charge on any atom is 0.326 e. The second-order valence-corrected chi connectivity index (χ2v) is 20.2. The Balaban J connectivity index is 1.68. The first kappa shape index (κ1) is 57.0. The number of ketones is 2. The number of carboxylic acids is 1.